The summed E-state index contributed by atoms with van der Waals surface area (Å²) in [4.78, 5) is 23.3. The Kier molecular flexibility index (Phi) is 5.09. The van der Waals surface area contributed by atoms with Crippen LogP contribution >= 0.6 is 12.6 Å². The van der Waals surface area contributed by atoms with Gasteiger partial charge in [0.05, 0.1) is 11.9 Å². The second-order valence-electron chi connectivity index (χ2n) is 8.62. The smallest absolute Gasteiger partial charge is 0.247 e. The molecule has 6 rings (SSSR count). The first-order chi connectivity index (χ1) is 16.5. The van der Waals surface area contributed by atoms with E-state index in [1.165, 1.54) is 31.2 Å². The Balaban J connectivity index is 1.29. The van der Waals surface area contributed by atoms with Crippen LogP contribution in [-0.2, 0) is 4.79 Å². The Morgan fingerprint density at radius 2 is 2.15 bits per heavy atom. The van der Waals surface area contributed by atoms with Gasteiger partial charge in [0.1, 0.15) is 11.6 Å². The van der Waals surface area contributed by atoms with E-state index in [1.807, 2.05) is 29.3 Å². The van der Waals surface area contributed by atoms with Crippen LogP contribution in [-0.4, -0.2) is 53.5 Å². The average molecular weight is 480 g/mol. The van der Waals surface area contributed by atoms with E-state index in [9.17, 15) is 9.18 Å². The summed E-state index contributed by atoms with van der Waals surface area (Å²) in [5.41, 5.74) is 2.33. The number of nitrogens with zero attached hydrogens (tertiary/aromatic N) is 6. The average Bonchev–Trinajstić information content (AvgIpc) is 3.20. The monoisotopic (exact) mass is 479 g/mol. The van der Waals surface area contributed by atoms with Crippen molar-refractivity contribution in [1.29, 1.82) is 0 Å². The summed E-state index contributed by atoms with van der Waals surface area (Å²) in [6.45, 7) is 0.503. The van der Waals surface area contributed by atoms with E-state index in [0.29, 0.717) is 42.2 Å². The molecule has 4 aromatic heterocycles. The zero-order valence-electron chi connectivity index (χ0n) is 18.0. The number of nitrogens with one attached hydrogen (secondary N) is 3. The third-order valence-electron chi connectivity index (χ3n) is 6.07. The van der Waals surface area contributed by atoms with E-state index in [2.05, 4.69) is 43.5 Å². The molecule has 1 aliphatic heterocycles. The number of fused-ring (bicyclic) bond motifs is 1. The Labute approximate surface area is 199 Å². The number of carbonyl (C=O) groups is 1. The van der Waals surface area contributed by atoms with E-state index in [4.69, 9.17) is 4.98 Å². The predicted molar refractivity (Wildman–Crippen MR) is 128 cm³/mol. The minimum absolute atomic E-state index is 0.0325. The second-order valence-corrected chi connectivity index (χ2v) is 9.35. The van der Waals surface area contributed by atoms with E-state index in [1.54, 1.807) is 4.52 Å². The number of H-pyrrole nitrogens is 1. The Bertz CT molecular complexity index is 1350. The number of amides is 1. The maximum Gasteiger partial charge on any atom is 0.247 e. The molecule has 0 radical (unpaired) electrons. The van der Waals surface area contributed by atoms with E-state index < -0.39 is 12.0 Å². The first-order valence-electron chi connectivity index (χ1n) is 11.1. The lowest BCUT2D eigenvalue weighted by Gasteiger charge is -2.24. The highest BCUT2D eigenvalue weighted by atomic mass is 32.1. The van der Waals surface area contributed by atoms with Crippen molar-refractivity contribution in [3.05, 3.63) is 54.4 Å². The molecular weight excluding hydrogens is 457 g/mol. The van der Waals surface area contributed by atoms with Gasteiger partial charge in [0.15, 0.2) is 11.6 Å². The summed E-state index contributed by atoms with van der Waals surface area (Å²) in [5.74, 6) is 1.38. The van der Waals surface area contributed by atoms with Gasteiger partial charge < -0.3 is 15.5 Å². The number of pyridine rings is 1. The number of aromatic nitrogens is 6. The SMILES string of the molecule is O=C(Nc1ccc(F)nc1)[C@@H]1C[C@@H](S)CN1c1nc(Nc2cc(C3CC3)[nH]n2)c2cccn2n1. The highest BCUT2D eigenvalue weighted by molar-refractivity contribution is 7.81. The zero-order valence-corrected chi connectivity index (χ0v) is 18.9. The second kappa shape index (κ2) is 8.28. The summed E-state index contributed by atoms with van der Waals surface area (Å²) in [6.07, 6.45) is 6.00. The molecule has 1 amide bonds. The number of hydrogen-bond acceptors (Lipinski definition) is 8. The van der Waals surface area contributed by atoms with Crippen LogP contribution in [0.25, 0.3) is 5.52 Å². The van der Waals surface area contributed by atoms with Crippen molar-refractivity contribution in [2.45, 2.75) is 36.5 Å². The minimum atomic E-state index is -0.606. The van der Waals surface area contributed by atoms with Crippen LogP contribution in [0, 0.1) is 5.95 Å². The van der Waals surface area contributed by atoms with Crippen LogP contribution in [0.15, 0.2) is 42.7 Å². The molecule has 0 unspecified atom stereocenters. The van der Waals surface area contributed by atoms with Gasteiger partial charge >= 0.3 is 0 Å². The molecule has 0 aromatic carbocycles. The van der Waals surface area contributed by atoms with Crippen LogP contribution in [0.5, 0.6) is 0 Å². The lowest BCUT2D eigenvalue weighted by molar-refractivity contribution is -0.117. The standard InChI is InChI=1S/C22H22FN9OS/c23-18-6-5-13(10-24-18)25-21(33)17-8-14(34)11-31(17)22-27-20(16-2-1-7-32(16)30-22)26-19-9-15(28-29-19)12-3-4-12/h1-2,5-7,9-10,12,14,17,34H,3-4,8,11H2,(H,25,33)(H2,26,27,28,29,30)/t14-,17+/m1/s1. The fourth-order valence-corrected chi connectivity index (χ4v) is 4.60. The molecule has 2 fully saturated rings. The number of anilines is 4. The Morgan fingerprint density at radius 1 is 1.26 bits per heavy atom. The summed E-state index contributed by atoms with van der Waals surface area (Å²) in [7, 11) is 0. The van der Waals surface area contributed by atoms with Crippen molar-refractivity contribution in [3.63, 3.8) is 0 Å². The molecule has 0 bridgehead atoms. The molecule has 2 aliphatic rings. The third kappa shape index (κ3) is 4.04. The maximum atomic E-state index is 13.1. The van der Waals surface area contributed by atoms with Gasteiger partial charge in [-0.25, -0.2) is 9.50 Å². The van der Waals surface area contributed by atoms with Crippen molar-refractivity contribution in [3.8, 4) is 0 Å². The van der Waals surface area contributed by atoms with Crippen molar-refractivity contribution in [1.82, 2.24) is 29.8 Å². The number of thiol groups is 1. The Hall–Kier alpha value is -3.67. The van der Waals surface area contributed by atoms with Crippen LogP contribution in [0.1, 0.15) is 30.9 Å². The van der Waals surface area contributed by atoms with Gasteiger partial charge in [0.2, 0.25) is 17.8 Å². The number of aromatic amines is 1. The first-order valence-corrected chi connectivity index (χ1v) is 11.6. The molecule has 1 aliphatic carbocycles. The molecule has 12 heteroatoms. The topological polar surface area (TPSA) is 116 Å². The largest absolute Gasteiger partial charge is 0.326 e. The molecule has 2 atom stereocenters. The number of carbonyl (C=O) groups excluding carboxylic acids is 1. The van der Waals surface area contributed by atoms with Gasteiger partial charge in [-0.3, -0.25) is 9.89 Å². The van der Waals surface area contributed by atoms with Crippen LogP contribution in [0.4, 0.5) is 27.7 Å². The summed E-state index contributed by atoms with van der Waals surface area (Å²) in [5, 5.41) is 18.2. The lowest BCUT2D eigenvalue weighted by Crippen LogP contribution is -2.41. The molecule has 1 saturated heterocycles. The zero-order chi connectivity index (χ0) is 23.2. The van der Waals surface area contributed by atoms with Crippen molar-refractivity contribution < 1.29 is 9.18 Å². The van der Waals surface area contributed by atoms with Crippen LogP contribution in [0.3, 0.4) is 0 Å². The molecule has 10 nitrogen and oxygen atoms in total. The first kappa shape index (κ1) is 20.9. The van der Waals surface area contributed by atoms with Gasteiger partial charge in [0, 0.05) is 35.7 Å². The predicted octanol–water partition coefficient (Wildman–Crippen LogP) is 3.12. The Morgan fingerprint density at radius 3 is 2.94 bits per heavy atom. The van der Waals surface area contributed by atoms with E-state index >= 15 is 0 Å². The molecule has 34 heavy (non-hydrogen) atoms. The molecule has 5 heterocycles. The molecule has 3 N–H and O–H groups in total. The normalized spacial score (nSPS) is 20.1. The van der Waals surface area contributed by atoms with Gasteiger partial charge in [-0.1, -0.05) is 0 Å². The molecule has 0 spiro atoms. The molecule has 174 valence electrons. The van der Waals surface area contributed by atoms with Gasteiger partial charge in [-0.15, -0.1) is 5.10 Å². The number of halogens is 1. The molecule has 4 aromatic rings. The minimum Gasteiger partial charge on any atom is -0.326 e. The van der Waals surface area contributed by atoms with Crippen LogP contribution < -0.4 is 15.5 Å². The van der Waals surface area contributed by atoms with Crippen molar-refractivity contribution >= 4 is 47.3 Å². The third-order valence-corrected chi connectivity index (χ3v) is 6.45. The fraction of sp³-hybridized carbons (Fsp3) is 0.318. The molecular formula is C22H22FN9OS. The highest BCUT2D eigenvalue weighted by Crippen LogP contribution is 2.40. The van der Waals surface area contributed by atoms with Gasteiger partial charge in [-0.05, 0) is 43.5 Å². The molecule has 1 saturated carbocycles. The number of rotatable bonds is 6. The van der Waals surface area contributed by atoms with Crippen LogP contribution in [0.2, 0.25) is 0 Å². The summed E-state index contributed by atoms with van der Waals surface area (Å²) < 4.78 is 14.9. The highest BCUT2D eigenvalue weighted by Gasteiger charge is 2.37. The van der Waals surface area contributed by atoms with Gasteiger partial charge in [0.25, 0.3) is 0 Å². The quantitative estimate of drug-likeness (QED) is 0.248. The van der Waals surface area contributed by atoms with Crippen molar-refractivity contribution in [2.75, 3.05) is 22.1 Å². The fourth-order valence-electron chi connectivity index (χ4n) is 4.22. The van der Waals surface area contributed by atoms with E-state index in [-0.39, 0.29) is 11.2 Å². The lowest BCUT2D eigenvalue weighted by atomic mass is 10.2. The van der Waals surface area contributed by atoms with E-state index in [0.717, 1.165) is 11.2 Å². The maximum absolute atomic E-state index is 13.1. The van der Waals surface area contributed by atoms with Gasteiger partial charge in [-0.2, -0.15) is 27.1 Å². The summed E-state index contributed by atoms with van der Waals surface area (Å²) in [6, 6.07) is 7.94. The van der Waals surface area contributed by atoms with Crippen molar-refractivity contribution in [2.24, 2.45) is 0 Å². The summed E-state index contributed by atoms with van der Waals surface area (Å²) >= 11 is 4.61. The number of hydrogen-bond donors (Lipinski definition) is 4.